The highest BCUT2D eigenvalue weighted by molar-refractivity contribution is 6.02. The molecule has 1 heterocycles. The van der Waals surface area contributed by atoms with Crippen molar-refractivity contribution in [3.05, 3.63) is 106 Å². The summed E-state index contributed by atoms with van der Waals surface area (Å²) in [7, 11) is 0. The normalized spacial score (nSPS) is 19.2. The summed E-state index contributed by atoms with van der Waals surface area (Å²) in [5, 5.41) is 18.0. The maximum atomic E-state index is 10.9. The third kappa shape index (κ3) is 3.27. The van der Waals surface area contributed by atoms with Crippen LogP contribution in [0.15, 0.2) is 90.0 Å². The average molecular weight is 371 g/mol. The summed E-state index contributed by atoms with van der Waals surface area (Å²) in [5.74, 6) is 0. The van der Waals surface area contributed by atoms with Crippen LogP contribution < -0.4 is 5.01 Å². The van der Waals surface area contributed by atoms with Gasteiger partial charge in [0.15, 0.2) is 0 Å². The molecule has 0 aromatic heterocycles. The minimum absolute atomic E-state index is 0.0919. The van der Waals surface area contributed by atoms with Crippen LogP contribution in [0.4, 0.5) is 11.4 Å². The number of nitro groups is 1. The molecule has 5 nitrogen and oxygen atoms in total. The summed E-state index contributed by atoms with van der Waals surface area (Å²) in [6.45, 7) is 2.21. The van der Waals surface area contributed by atoms with Crippen molar-refractivity contribution in [3.8, 4) is 0 Å². The van der Waals surface area contributed by atoms with Gasteiger partial charge < -0.3 is 0 Å². The summed E-state index contributed by atoms with van der Waals surface area (Å²) in [6, 6.07) is 27.2. The van der Waals surface area contributed by atoms with Crippen LogP contribution >= 0.6 is 0 Å². The van der Waals surface area contributed by atoms with Gasteiger partial charge in [0.2, 0.25) is 0 Å². The van der Waals surface area contributed by atoms with E-state index in [0.29, 0.717) is 0 Å². The van der Waals surface area contributed by atoms with E-state index in [-0.39, 0.29) is 16.1 Å². The molecule has 1 unspecified atom stereocenters. The van der Waals surface area contributed by atoms with E-state index in [1.165, 1.54) is 17.7 Å². The first-order valence-corrected chi connectivity index (χ1v) is 9.31. The van der Waals surface area contributed by atoms with Gasteiger partial charge in [0.1, 0.15) is 0 Å². The van der Waals surface area contributed by atoms with E-state index in [1.807, 2.05) is 24.3 Å². The Bertz CT molecular complexity index is 1000. The SMILES string of the molecule is CC1(c2ccccc2)CCC(c2ccc([N+](=O)[O-])cc2)=NN1c1ccccc1. The quantitative estimate of drug-likeness (QED) is 0.448. The van der Waals surface area contributed by atoms with Crippen molar-refractivity contribution >= 4 is 17.1 Å². The first kappa shape index (κ1) is 17.9. The van der Waals surface area contributed by atoms with Crippen molar-refractivity contribution in [1.29, 1.82) is 0 Å². The number of rotatable bonds is 4. The number of nitro benzene ring substituents is 1. The lowest BCUT2D eigenvalue weighted by Gasteiger charge is -2.43. The summed E-state index contributed by atoms with van der Waals surface area (Å²) in [5.41, 5.74) is 3.91. The summed E-state index contributed by atoms with van der Waals surface area (Å²) in [6.07, 6.45) is 1.69. The molecule has 1 aliphatic rings. The van der Waals surface area contributed by atoms with Gasteiger partial charge in [-0.15, -0.1) is 0 Å². The van der Waals surface area contributed by atoms with Gasteiger partial charge in [-0.1, -0.05) is 48.5 Å². The lowest BCUT2D eigenvalue weighted by Crippen LogP contribution is -2.44. The third-order valence-electron chi connectivity index (χ3n) is 5.34. The fourth-order valence-electron chi connectivity index (χ4n) is 3.70. The van der Waals surface area contributed by atoms with Gasteiger partial charge in [-0.3, -0.25) is 15.1 Å². The number of anilines is 1. The molecule has 0 amide bonds. The molecule has 140 valence electrons. The van der Waals surface area contributed by atoms with Crippen molar-refractivity contribution < 1.29 is 4.92 Å². The summed E-state index contributed by atoms with van der Waals surface area (Å²) >= 11 is 0. The third-order valence-corrected chi connectivity index (χ3v) is 5.34. The lowest BCUT2D eigenvalue weighted by molar-refractivity contribution is -0.384. The maximum absolute atomic E-state index is 10.9. The Morgan fingerprint density at radius 1 is 0.929 bits per heavy atom. The van der Waals surface area contributed by atoms with Gasteiger partial charge in [-0.25, -0.2) is 0 Å². The Hall–Kier alpha value is -3.47. The van der Waals surface area contributed by atoms with Crippen LogP contribution in [0.25, 0.3) is 0 Å². The largest absolute Gasteiger partial charge is 0.269 e. The molecule has 0 bridgehead atoms. The monoisotopic (exact) mass is 371 g/mol. The highest BCUT2D eigenvalue weighted by Gasteiger charge is 2.38. The van der Waals surface area contributed by atoms with Crippen LogP contribution in [-0.4, -0.2) is 10.6 Å². The molecular weight excluding hydrogens is 350 g/mol. The molecule has 0 N–H and O–H groups in total. The molecule has 0 fully saturated rings. The second-order valence-electron chi connectivity index (χ2n) is 7.14. The van der Waals surface area contributed by atoms with Crippen molar-refractivity contribution in [2.45, 2.75) is 25.3 Å². The van der Waals surface area contributed by atoms with Crippen LogP contribution in [0.1, 0.15) is 30.9 Å². The van der Waals surface area contributed by atoms with Crippen LogP contribution in [0.3, 0.4) is 0 Å². The average Bonchev–Trinajstić information content (AvgIpc) is 2.75. The number of hydrazone groups is 1. The van der Waals surface area contributed by atoms with Crippen LogP contribution in [0.5, 0.6) is 0 Å². The first-order valence-electron chi connectivity index (χ1n) is 9.31. The molecule has 1 aliphatic heterocycles. The van der Waals surface area contributed by atoms with Crippen molar-refractivity contribution in [3.63, 3.8) is 0 Å². The molecular formula is C23H21N3O2. The van der Waals surface area contributed by atoms with E-state index in [9.17, 15) is 10.1 Å². The van der Waals surface area contributed by atoms with Gasteiger partial charge in [-0.05, 0) is 55.2 Å². The van der Waals surface area contributed by atoms with E-state index in [4.69, 9.17) is 5.10 Å². The molecule has 3 aromatic carbocycles. The Morgan fingerprint density at radius 2 is 1.54 bits per heavy atom. The number of non-ortho nitro benzene ring substituents is 1. The molecule has 1 atom stereocenters. The predicted molar refractivity (Wildman–Crippen MR) is 112 cm³/mol. The van der Waals surface area contributed by atoms with Crippen molar-refractivity contribution in [1.82, 2.24) is 0 Å². The van der Waals surface area contributed by atoms with Crippen molar-refractivity contribution in [2.24, 2.45) is 5.10 Å². The zero-order valence-corrected chi connectivity index (χ0v) is 15.7. The Morgan fingerprint density at radius 3 is 2.14 bits per heavy atom. The minimum Gasteiger partial charge on any atom is -0.258 e. The number of para-hydroxylation sites is 1. The summed E-state index contributed by atoms with van der Waals surface area (Å²) in [4.78, 5) is 10.6. The Kier molecular flexibility index (Phi) is 4.65. The highest BCUT2D eigenvalue weighted by atomic mass is 16.6. The van der Waals surface area contributed by atoms with Crippen LogP contribution in [0.2, 0.25) is 0 Å². The number of hydrogen-bond acceptors (Lipinski definition) is 4. The molecule has 5 heteroatoms. The van der Waals surface area contributed by atoms with E-state index < -0.39 is 0 Å². The summed E-state index contributed by atoms with van der Waals surface area (Å²) < 4.78 is 0. The van der Waals surface area contributed by atoms with E-state index in [2.05, 4.69) is 48.3 Å². The molecule has 28 heavy (non-hydrogen) atoms. The zero-order valence-electron chi connectivity index (χ0n) is 15.7. The second kappa shape index (κ2) is 7.27. The van der Waals surface area contributed by atoms with E-state index >= 15 is 0 Å². The fraction of sp³-hybridized carbons (Fsp3) is 0.174. The molecule has 3 aromatic rings. The molecule has 0 aliphatic carbocycles. The standard InChI is InChI=1S/C23H21N3O2/c1-23(19-8-4-2-5-9-19)17-16-22(18-12-14-21(15-13-18)26(27)28)24-25(23)20-10-6-3-7-11-20/h2-15H,16-17H2,1H3. The van der Waals surface area contributed by atoms with Gasteiger partial charge in [0.05, 0.1) is 21.9 Å². The van der Waals surface area contributed by atoms with E-state index in [0.717, 1.165) is 29.8 Å². The van der Waals surface area contributed by atoms with Crippen molar-refractivity contribution in [2.75, 3.05) is 5.01 Å². The first-order chi connectivity index (χ1) is 13.6. The lowest BCUT2D eigenvalue weighted by atomic mass is 9.83. The Balaban J connectivity index is 1.78. The smallest absolute Gasteiger partial charge is 0.258 e. The maximum Gasteiger partial charge on any atom is 0.269 e. The van der Waals surface area contributed by atoms with Crippen LogP contribution in [-0.2, 0) is 5.54 Å². The van der Waals surface area contributed by atoms with Gasteiger partial charge in [-0.2, -0.15) is 5.10 Å². The van der Waals surface area contributed by atoms with E-state index in [1.54, 1.807) is 12.1 Å². The minimum atomic E-state index is -0.380. The van der Waals surface area contributed by atoms with Gasteiger partial charge >= 0.3 is 0 Å². The zero-order chi connectivity index (χ0) is 19.6. The molecule has 4 rings (SSSR count). The number of hydrogen-bond donors (Lipinski definition) is 0. The highest BCUT2D eigenvalue weighted by Crippen LogP contribution is 2.40. The topological polar surface area (TPSA) is 58.7 Å². The predicted octanol–water partition coefficient (Wildman–Crippen LogP) is 5.51. The molecule has 0 radical (unpaired) electrons. The van der Waals surface area contributed by atoms with Gasteiger partial charge in [0, 0.05) is 12.1 Å². The fourth-order valence-corrected chi connectivity index (χ4v) is 3.70. The number of nitrogens with zero attached hydrogens (tertiary/aromatic N) is 3. The molecule has 0 saturated carbocycles. The Labute approximate surface area is 164 Å². The molecule has 0 saturated heterocycles. The van der Waals surface area contributed by atoms with Gasteiger partial charge in [0.25, 0.3) is 5.69 Å². The number of benzene rings is 3. The molecule has 0 spiro atoms. The van der Waals surface area contributed by atoms with Crippen LogP contribution in [0, 0.1) is 10.1 Å². The second-order valence-corrected chi connectivity index (χ2v) is 7.14.